The average molecular weight is 455 g/mol. The van der Waals surface area contributed by atoms with E-state index in [0.717, 1.165) is 25.0 Å². The third-order valence-corrected chi connectivity index (χ3v) is 7.04. The first kappa shape index (κ1) is 22.2. The molecular formula is C20H20ClFN2O5S. The van der Waals surface area contributed by atoms with Crippen LogP contribution in [-0.4, -0.2) is 44.3 Å². The molecule has 2 aromatic rings. The van der Waals surface area contributed by atoms with Gasteiger partial charge in [-0.2, -0.15) is 4.31 Å². The maximum atomic E-state index is 13.3. The highest BCUT2D eigenvalue weighted by molar-refractivity contribution is 7.89. The number of carbonyl (C=O) groups excluding carboxylic acids is 2. The molecule has 30 heavy (non-hydrogen) atoms. The number of halogens is 2. The molecule has 1 amide bonds. The second-order valence-corrected chi connectivity index (χ2v) is 9.15. The molecule has 2 aromatic carbocycles. The van der Waals surface area contributed by atoms with E-state index in [1.165, 1.54) is 28.6 Å². The quantitative estimate of drug-likeness (QED) is 0.675. The van der Waals surface area contributed by atoms with Gasteiger partial charge in [-0.15, -0.1) is 0 Å². The molecule has 0 aliphatic carbocycles. The van der Waals surface area contributed by atoms with Gasteiger partial charge in [0.2, 0.25) is 10.0 Å². The first-order valence-electron chi connectivity index (χ1n) is 9.21. The predicted molar refractivity (Wildman–Crippen MR) is 109 cm³/mol. The van der Waals surface area contributed by atoms with Crippen LogP contribution in [-0.2, 0) is 19.6 Å². The number of aryl methyl sites for hydroxylation is 1. The van der Waals surface area contributed by atoms with Gasteiger partial charge < -0.3 is 10.1 Å². The van der Waals surface area contributed by atoms with Crippen molar-refractivity contribution in [2.45, 2.75) is 24.7 Å². The van der Waals surface area contributed by atoms with Gasteiger partial charge in [0, 0.05) is 18.8 Å². The van der Waals surface area contributed by atoms with Crippen molar-refractivity contribution in [3.63, 3.8) is 0 Å². The van der Waals surface area contributed by atoms with E-state index in [4.69, 9.17) is 16.3 Å². The molecule has 10 heteroatoms. The van der Waals surface area contributed by atoms with Crippen LogP contribution in [0.5, 0.6) is 0 Å². The van der Waals surface area contributed by atoms with Crippen molar-refractivity contribution in [2.24, 2.45) is 0 Å². The maximum Gasteiger partial charge on any atom is 0.338 e. The highest BCUT2D eigenvalue weighted by Crippen LogP contribution is 2.28. The van der Waals surface area contributed by atoms with Gasteiger partial charge in [-0.25, -0.2) is 17.6 Å². The van der Waals surface area contributed by atoms with Gasteiger partial charge in [0.15, 0.2) is 6.61 Å². The lowest BCUT2D eigenvalue weighted by Crippen LogP contribution is -2.28. The normalized spacial score (nSPS) is 14.5. The summed E-state index contributed by atoms with van der Waals surface area (Å²) in [6.45, 7) is 1.86. The summed E-state index contributed by atoms with van der Waals surface area (Å²) in [4.78, 5) is 24.2. The number of hydrogen-bond acceptors (Lipinski definition) is 5. The third kappa shape index (κ3) is 4.97. The van der Waals surface area contributed by atoms with Gasteiger partial charge in [-0.05, 0) is 55.7 Å². The lowest BCUT2D eigenvalue weighted by molar-refractivity contribution is -0.119. The summed E-state index contributed by atoms with van der Waals surface area (Å²) in [6, 6.07) is 7.70. The summed E-state index contributed by atoms with van der Waals surface area (Å²) < 4.78 is 45.1. The number of ether oxygens (including phenoxy) is 1. The molecule has 1 heterocycles. The number of rotatable bonds is 6. The summed E-state index contributed by atoms with van der Waals surface area (Å²) in [5.74, 6) is -2.05. The van der Waals surface area contributed by atoms with Crippen molar-refractivity contribution in [3.05, 3.63) is 58.4 Å². The number of sulfonamides is 1. The average Bonchev–Trinajstić information content (AvgIpc) is 3.25. The number of benzene rings is 2. The zero-order valence-electron chi connectivity index (χ0n) is 16.2. The lowest BCUT2D eigenvalue weighted by atomic mass is 10.2. The Morgan fingerprint density at radius 1 is 1.17 bits per heavy atom. The number of esters is 1. The molecular weight excluding hydrogens is 435 g/mol. The van der Waals surface area contributed by atoms with E-state index < -0.39 is 34.3 Å². The number of hydrogen-bond donors (Lipinski definition) is 1. The van der Waals surface area contributed by atoms with Crippen molar-refractivity contribution < 1.29 is 27.1 Å². The van der Waals surface area contributed by atoms with E-state index in [1.807, 2.05) is 0 Å². The Kier molecular flexibility index (Phi) is 6.74. The zero-order chi connectivity index (χ0) is 21.9. The summed E-state index contributed by atoms with van der Waals surface area (Å²) in [6.07, 6.45) is 1.52. The molecule has 7 nitrogen and oxygen atoms in total. The highest BCUT2D eigenvalue weighted by atomic mass is 35.5. The first-order valence-corrected chi connectivity index (χ1v) is 11.0. The van der Waals surface area contributed by atoms with Crippen molar-refractivity contribution in [3.8, 4) is 0 Å². The Morgan fingerprint density at radius 2 is 1.87 bits per heavy atom. The van der Waals surface area contributed by atoms with Gasteiger partial charge >= 0.3 is 5.97 Å². The summed E-state index contributed by atoms with van der Waals surface area (Å²) in [5.41, 5.74) is 0.860. The standard InChI is InChI=1S/C20H20ClFN2O5S/c1-13-4-6-15(22)11-17(13)23-19(25)12-29-20(26)14-5-7-16(21)18(10-14)30(27,28)24-8-2-3-9-24/h4-7,10-11H,2-3,8-9,12H2,1H3,(H,23,25). The number of nitrogens with one attached hydrogen (secondary N) is 1. The maximum absolute atomic E-state index is 13.3. The topological polar surface area (TPSA) is 92.8 Å². The fourth-order valence-electron chi connectivity index (χ4n) is 3.03. The lowest BCUT2D eigenvalue weighted by Gasteiger charge is -2.17. The SMILES string of the molecule is Cc1ccc(F)cc1NC(=O)COC(=O)c1ccc(Cl)c(S(=O)(=O)N2CCCC2)c1. The number of nitrogens with zero attached hydrogens (tertiary/aromatic N) is 1. The minimum Gasteiger partial charge on any atom is -0.452 e. The monoisotopic (exact) mass is 454 g/mol. The largest absolute Gasteiger partial charge is 0.452 e. The molecule has 1 N–H and O–H groups in total. The fourth-order valence-corrected chi connectivity index (χ4v) is 5.04. The smallest absolute Gasteiger partial charge is 0.338 e. The second-order valence-electron chi connectivity index (χ2n) is 6.84. The van der Waals surface area contributed by atoms with Crippen LogP contribution in [0.4, 0.5) is 10.1 Å². The van der Waals surface area contributed by atoms with Crippen molar-refractivity contribution in [1.29, 1.82) is 0 Å². The van der Waals surface area contributed by atoms with Gasteiger partial charge in [0.25, 0.3) is 5.91 Å². The minimum atomic E-state index is -3.83. The minimum absolute atomic E-state index is 0.00206. The molecule has 0 unspecified atom stereocenters. The molecule has 160 valence electrons. The van der Waals surface area contributed by atoms with Gasteiger partial charge in [-0.1, -0.05) is 17.7 Å². The Bertz CT molecular complexity index is 1080. The van der Waals surface area contributed by atoms with E-state index in [2.05, 4.69) is 5.32 Å². The Labute approximate surface area is 178 Å². The van der Waals surface area contributed by atoms with Crippen molar-refractivity contribution >= 4 is 39.2 Å². The molecule has 1 fully saturated rings. The molecule has 0 spiro atoms. The van der Waals surface area contributed by atoms with E-state index in [0.29, 0.717) is 18.7 Å². The Morgan fingerprint density at radius 3 is 2.57 bits per heavy atom. The molecule has 0 radical (unpaired) electrons. The molecule has 0 bridgehead atoms. The van der Waals surface area contributed by atoms with Crippen LogP contribution in [0.3, 0.4) is 0 Å². The molecule has 0 aromatic heterocycles. The van der Waals surface area contributed by atoms with Crippen LogP contribution in [0.2, 0.25) is 5.02 Å². The molecule has 0 atom stereocenters. The van der Waals surface area contributed by atoms with Crippen LogP contribution in [0.15, 0.2) is 41.3 Å². The van der Waals surface area contributed by atoms with Crippen LogP contribution in [0, 0.1) is 12.7 Å². The van der Waals surface area contributed by atoms with E-state index in [9.17, 15) is 22.4 Å². The third-order valence-electron chi connectivity index (χ3n) is 4.66. The molecule has 3 rings (SSSR count). The number of amides is 1. The fraction of sp³-hybridized carbons (Fsp3) is 0.300. The Balaban J connectivity index is 1.68. The summed E-state index contributed by atoms with van der Waals surface area (Å²) in [7, 11) is -3.83. The molecule has 1 saturated heterocycles. The van der Waals surface area contributed by atoms with Crippen molar-refractivity contribution in [2.75, 3.05) is 25.0 Å². The van der Waals surface area contributed by atoms with E-state index in [1.54, 1.807) is 6.92 Å². The second kappa shape index (κ2) is 9.11. The van der Waals surface area contributed by atoms with Crippen LogP contribution >= 0.6 is 11.6 Å². The number of anilines is 1. The van der Waals surface area contributed by atoms with Gasteiger partial charge in [0.1, 0.15) is 10.7 Å². The highest BCUT2D eigenvalue weighted by Gasteiger charge is 2.30. The first-order chi connectivity index (χ1) is 14.2. The Hall–Kier alpha value is -2.49. The summed E-state index contributed by atoms with van der Waals surface area (Å²) >= 11 is 6.06. The van der Waals surface area contributed by atoms with Crippen molar-refractivity contribution in [1.82, 2.24) is 4.31 Å². The zero-order valence-corrected chi connectivity index (χ0v) is 17.7. The number of carbonyl (C=O) groups is 2. The molecule has 1 aliphatic rings. The van der Waals surface area contributed by atoms with Gasteiger partial charge in [-0.3, -0.25) is 4.79 Å². The van der Waals surface area contributed by atoms with Gasteiger partial charge in [0.05, 0.1) is 10.6 Å². The van der Waals surface area contributed by atoms with E-state index in [-0.39, 0.29) is 21.2 Å². The predicted octanol–water partition coefficient (Wildman–Crippen LogP) is 3.37. The van der Waals surface area contributed by atoms with Crippen LogP contribution in [0.25, 0.3) is 0 Å². The van der Waals surface area contributed by atoms with Crippen LogP contribution < -0.4 is 5.32 Å². The summed E-state index contributed by atoms with van der Waals surface area (Å²) in [5, 5.41) is 2.46. The van der Waals surface area contributed by atoms with Crippen LogP contribution in [0.1, 0.15) is 28.8 Å². The van der Waals surface area contributed by atoms with E-state index >= 15 is 0 Å². The molecule has 1 aliphatic heterocycles. The molecule has 0 saturated carbocycles.